The van der Waals surface area contributed by atoms with Gasteiger partial charge in [-0.1, -0.05) is 13.3 Å². The van der Waals surface area contributed by atoms with Crippen molar-refractivity contribution in [2.45, 2.75) is 43.7 Å². The normalized spacial score (nSPS) is 22.4. The number of thioether (sulfide) groups is 1. The molecule has 2 aromatic heterocycles. The first kappa shape index (κ1) is 15.4. The number of hydrogen-bond acceptors (Lipinski definition) is 5. The van der Waals surface area contributed by atoms with Crippen molar-refractivity contribution in [3.05, 3.63) is 18.1 Å². The predicted octanol–water partition coefficient (Wildman–Crippen LogP) is 3.23. The highest BCUT2D eigenvalue weighted by molar-refractivity contribution is 7.99. The number of fused-ring (bicyclic) bond motifs is 1. The van der Waals surface area contributed by atoms with Gasteiger partial charge in [-0.2, -0.15) is 39.5 Å². The summed E-state index contributed by atoms with van der Waals surface area (Å²) >= 11 is 1.84. The molecular formula is C13H16F3N5S. The van der Waals surface area contributed by atoms with Crippen LogP contribution in [0.5, 0.6) is 0 Å². The van der Waals surface area contributed by atoms with Crippen LogP contribution in [0.25, 0.3) is 5.78 Å². The Morgan fingerprint density at radius 2 is 2.23 bits per heavy atom. The monoisotopic (exact) mass is 331 g/mol. The molecule has 120 valence electrons. The standard InChI is InChI=1S/C13H16F3N5S/c1-2-22-9-5-3-4-8(9)19-11-6-10(13(14,15)16)20-12-17-7-18-21(11)12/h6-9,19H,2-5H2,1H3. The second-order valence-electron chi connectivity index (χ2n) is 5.17. The minimum atomic E-state index is -4.50. The molecular weight excluding hydrogens is 315 g/mol. The number of anilines is 1. The van der Waals surface area contributed by atoms with Gasteiger partial charge in [-0.3, -0.25) is 0 Å². The van der Waals surface area contributed by atoms with Gasteiger partial charge in [0, 0.05) is 17.4 Å². The largest absolute Gasteiger partial charge is 0.433 e. The number of nitrogens with one attached hydrogen (secondary N) is 1. The molecule has 0 amide bonds. The number of hydrogen-bond donors (Lipinski definition) is 1. The van der Waals surface area contributed by atoms with E-state index in [1.54, 1.807) is 0 Å². The van der Waals surface area contributed by atoms with Gasteiger partial charge in [0.15, 0.2) is 5.69 Å². The molecule has 1 aliphatic rings. The molecule has 3 rings (SSSR count). The van der Waals surface area contributed by atoms with Gasteiger partial charge in [0.2, 0.25) is 0 Å². The number of alkyl halides is 3. The lowest BCUT2D eigenvalue weighted by Gasteiger charge is -2.22. The Morgan fingerprint density at radius 3 is 2.95 bits per heavy atom. The SMILES string of the molecule is CCSC1CCCC1Nc1cc(C(F)(F)F)nc2ncnn12. The zero-order valence-electron chi connectivity index (χ0n) is 12.0. The molecule has 0 aromatic carbocycles. The highest BCUT2D eigenvalue weighted by Gasteiger charge is 2.35. The van der Waals surface area contributed by atoms with E-state index in [0.717, 1.165) is 31.1 Å². The molecule has 22 heavy (non-hydrogen) atoms. The van der Waals surface area contributed by atoms with E-state index in [2.05, 4.69) is 27.3 Å². The van der Waals surface area contributed by atoms with E-state index < -0.39 is 11.9 Å². The Hall–Kier alpha value is -1.51. The van der Waals surface area contributed by atoms with Crippen LogP contribution in [-0.2, 0) is 6.18 Å². The van der Waals surface area contributed by atoms with E-state index in [1.807, 2.05) is 11.8 Å². The van der Waals surface area contributed by atoms with Crippen molar-refractivity contribution in [3.63, 3.8) is 0 Å². The van der Waals surface area contributed by atoms with E-state index in [-0.39, 0.29) is 11.8 Å². The van der Waals surface area contributed by atoms with Crippen LogP contribution in [0, 0.1) is 0 Å². The van der Waals surface area contributed by atoms with Crippen LogP contribution in [0.1, 0.15) is 31.9 Å². The molecule has 0 radical (unpaired) electrons. The fourth-order valence-electron chi connectivity index (χ4n) is 2.75. The molecule has 1 saturated carbocycles. The fourth-order valence-corrected chi connectivity index (χ4v) is 3.95. The zero-order valence-corrected chi connectivity index (χ0v) is 12.8. The summed E-state index contributed by atoms with van der Waals surface area (Å²) in [6, 6.07) is 1.15. The first-order chi connectivity index (χ1) is 10.5. The molecule has 0 bridgehead atoms. The van der Waals surface area contributed by atoms with Gasteiger partial charge in [-0.25, -0.2) is 4.98 Å². The maximum atomic E-state index is 13.0. The number of halogens is 3. The molecule has 1 aliphatic carbocycles. The zero-order chi connectivity index (χ0) is 15.7. The van der Waals surface area contributed by atoms with E-state index >= 15 is 0 Å². The van der Waals surface area contributed by atoms with E-state index in [9.17, 15) is 13.2 Å². The maximum Gasteiger partial charge on any atom is 0.433 e. The van der Waals surface area contributed by atoms with E-state index in [1.165, 1.54) is 10.8 Å². The molecule has 5 nitrogen and oxygen atoms in total. The van der Waals surface area contributed by atoms with Crippen molar-refractivity contribution in [2.24, 2.45) is 0 Å². The molecule has 0 saturated heterocycles. The topological polar surface area (TPSA) is 55.1 Å². The fraction of sp³-hybridized carbons (Fsp3) is 0.615. The van der Waals surface area contributed by atoms with Crippen LogP contribution >= 0.6 is 11.8 Å². The van der Waals surface area contributed by atoms with Crippen LogP contribution in [0.4, 0.5) is 19.0 Å². The molecule has 2 unspecified atom stereocenters. The highest BCUT2D eigenvalue weighted by atomic mass is 32.2. The first-order valence-electron chi connectivity index (χ1n) is 7.15. The smallest absolute Gasteiger partial charge is 0.366 e. The minimum Gasteiger partial charge on any atom is -0.366 e. The second-order valence-corrected chi connectivity index (χ2v) is 6.69. The summed E-state index contributed by atoms with van der Waals surface area (Å²) in [4.78, 5) is 7.30. The van der Waals surface area contributed by atoms with Crippen molar-refractivity contribution in [2.75, 3.05) is 11.1 Å². The molecule has 9 heteroatoms. The van der Waals surface area contributed by atoms with Crippen LogP contribution in [-0.4, -0.2) is 36.6 Å². The summed E-state index contributed by atoms with van der Waals surface area (Å²) in [6.07, 6.45) is -0.198. The Kier molecular flexibility index (Phi) is 4.16. The third-order valence-corrected chi connectivity index (χ3v) is 5.03. The molecule has 2 aromatic rings. The maximum absolute atomic E-state index is 13.0. The van der Waals surface area contributed by atoms with Gasteiger partial charge in [-0.15, -0.1) is 0 Å². The van der Waals surface area contributed by atoms with Crippen molar-refractivity contribution in [1.82, 2.24) is 19.6 Å². The molecule has 1 fully saturated rings. The third kappa shape index (κ3) is 2.99. The second kappa shape index (κ2) is 5.94. The van der Waals surface area contributed by atoms with Gasteiger partial charge in [0.05, 0.1) is 0 Å². The number of nitrogens with zero attached hydrogens (tertiary/aromatic N) is 4. The Bertz CT molecular complexity index is 657. The number of rotatable bonds is 4. The van der Waals surface area contributed by atoms with Crippen molar-refractivity contribution >= 4 is 23.4 Å². The molecule has 2 heterocycles. The van der Waals surface area contributed by atoms with Gasteiger partial charge >= 0.3 is 6.18 Å². The van der Waals surface area contributed by atoms with Crippen LogP contribution in [0.15, 0.2) is 12.4 Å². The van der Waals surface area contributed by atoms with Gasteiger partial charge < -0.3 is 5.32 Å². The average molecular weight is 331 g/mol. The lowest BCUT2D eigenvalue weighted by Crippen LogP contribution is -2.28. The predicted molar refractivity (Wildman–Crippen MR) is 79.0 cm³/mol. The average Bonchev–Trinajstić information content (AvgIpc) is 3.07. The molecule has 1 N–H and O–H groups in total. The van der Waals surface area contributed by atoms with Gasteiger partial charge in [-0.05, 0) is 18.6 Å². The molecule has 2 atom stereocenters. The van der Waals surface area contributed by atoms with Crippen LogP contribution in [0.3, 0.4) is 0 Å². The summed E-state index contributed by atoms with van der Waals surface area (Å²) in [5.74, 6) is 1.24. The Morgan fingerprint density at radius 1 is 1.41 bits per heavy atom. The van der Waals surface area contributed by atoms with Gasteiger partial charge in [0.25, 0.3) is 5.78 Å². The summed E-state index contributed by atoms with van der Waals surface area (Å²) in [6.45, 7) is 2.09. The molecule has 0 spiro atoms. The van der Waals surface area contributed by atoms with E-state index in [4.69, 9.17) is 0 Å². The summed E-state index contributed by atoms with van der Waals surface area (Å²) in [5.41, 5.74) is -0.951. The molecule has 0 aliphatic heterocycles. The van der Waals surface area contributed by atoms with Crippen LogP contribution in [0.2, 0.25) is 0 Å². The van der Waals surface area contributed by atoms with E-state index in [0.29, 0.717) is 11.1 Å². The van der Waals surface area contributed by atoms with Crippen molar-refractivity contribution in [1.29, 1.82) is 0 Å². The Balaban J connectivity index is 1.93. The lowest BCUT2D eigenvalue weighted by atomic mass is 10.2. The first-order valence-corrected chi connectivity index (χ1v) is 8.20. The summed E-state index contributed by atoms with van der Waals surface area (Å²) < 4.78 is 40.2. The number of aromatic nitrogens is 4. The third-order valence-electron chi connectivity index (χ3n) is 3.71. The Labute approximate surface area is 129 Å². The summed E-state index contributed by atoms with van der Waals surface area (Å²) in [7, 11) is 0. The lowest BCUT2D eigenvalue weighted by molar-refractivity contribution is -0.141. The van der Waals surface area contributed by atoms with Gasteiger partial charge in [0.1, 0.15) is 12.1 Å². The van der Waals surface area contributed by atoms with Crippen LogP contribution < -0.4 is 5.32 Å². The summed E-state index contributed by atoms with van der Waals surface area (Å²) in [5, 5.41) is 7.59. The van der Waals surface area contributed by atoms with Crippen molar-refractivity contribution in [3.8, 4) is 0 Å². The van der Waals surface area contributed by atoms with Crippen molar-refractivity contribution < 1.29 is 13.2 Å². The quantitative estimate of drug-likeness (QED) is 0.932. The minimum absolute atomic E-state index is 0.0463. The highest BCUT2D eigenvalue weighted by Crippen LogP contribution is 2.34.